The minimum Gasteiger partial charge on any atom is -0.756 e. The van der Waals surface area contributed by atoms with Crippen molar-refractivity contribution >= 4 is 13.7 Å². The van der Waals surface area contributed by atoms with Crippen molar-refractivity contribution in [2.75, 3.05) is 40.9 Å². The molecule has 0 aromatic heterocycles. The van der Waals surface area contributed by atoms with Gasteiger partial charge < -0.3 is 34.0 Å². The van der Waals surface area contributed by atoms with Crippen LogP contribution < -0.4 is 10.2 Å². The van der Waals surface area contributed by atoms with E-state index in [1.54, 1.807) is 6.08 Å². The van der Waals surface area contributed by atoms with Gasteiger partial charge in [0.15, 0.2) is 0 Å². The Morgan fingerprint density at radius 1 is 0.691 bits per heavy atom. The fourth-order valence-corrected chi connectivity index (χ4v) is 6.47. The van der Waals surface area contributed by atoms with Gasteiger partial charge in [-0.05, 0) is 71.1 Å². The van der Waals surface area contributed by atoms with Crippen LogP contribution in [-0.2, 0) is 18.4 Å². The van der Waals surface area contributed by atoms with Gasteiger partial charge in [0.05, 0.1) is 46.0 Å². The van der Waals surface area contributed by atoms with Gasteiger partial charge >= 0.3 is 0 Å². The summed E-state index contributed by atoms with van der Waals surface area (Å²) in [5, 5.41) is 23.0. The van der Waals surface area contributed by atoms with Crippen molar-refractivity contribution in [1.82, 2.24) is 5.32 Å². The van der Waals surface area contributed by atoms with E-state index in [4.69, 9.17) is 9.05 Å². The first-order valence-corrected chi connectivity index (χ1v) is 23.1. The van der Waals surface area contributed by atoms with E-state index in [0.717, 1.165) is 64.2 Å². The van der Waals surface area contributed by atoms with Crippen LogP contribution in [0.5, 0.6) is 0 Å². The molecule has 0 saturated carbocycles. The Kier molecular flexibility index (Phi) is 35.3. The molecule has 0 radical (unpaired) electrons. The second kappa shape index (κ2) is 36.5. The van der Waals surface area contributed by atoms with Crippen molar-refractivity contribution in [2.45, 2.75) is 180 Å². The quantitative estimate of drug-likeness (QED) is 0.0246. The lowest BCUT2D eigenvalue weighted by Crippen LogP contribution is -2.45. The summed E-state index contributed by atoms with van der Waals surface area (Å²) in [5.41, 5.74) is 0. The largest absolute Gasteiger partial charge is 0.756 e. The van der Waals surface area contributed by atoms with Crippen LogP contribution in [0.3, 0.4) is 0 Å². The third-order valence-electron chi connectivity index (χ3n) is 9.24. The number of carbonyl (C=O) groups excluding carboxylic acids is 1. The van der Waals surface area contributed by atoms with Crippen LogP contribution >= 0.6 is 7.82 Å². The van der Waals surface area contributed by atoms with E-state index in [1.165, 1.54) is 70.6 Å². The van der Waals surface area contributed by atoms with Crippen LogP contribution in [0.2, 0.25) is 0 Å². The minimum absolute atomic E-state index is 0.0195. The highest BCUT2D eigenvalue weighted by Gasteiger charge is 2.23. The number of aliphatic hydroxyl groups excluding tert-OH is 2. The van der Waals surface area contributed by atoms with E-state index in [0.29, 0.717) is 17.4 Å². The third-order valence-corrected chi connectivity index (χ3v) is 10.2. The molecule has 0 spiro atoms. The number of phosphoric acid groups is 1. The summed E-state index contributed by atoms with van der Waals surface area (Å²) in [4.78, 5) is 25.2. The molecule has 0 aromatic rings. The average Bonchev–Trinajstić information content (AvgIpc) is 3.12. The molecule has 0 heterocycles. The Hall–Kier alpha value is -1.84. The zero-order valence-electron chi connectivity index (χ0n) is 35.7. The van der Waals surface area contributed by atoms with Gasteiger partial charge in [-0.15, -0.1) is 0 Å². The highest BCUT2D eigenvalue weighted by Crippen LogP contribution is 2.38. The van der Waals surface area contributed by atoms with Crippen molar-refractivity contribution in [3.05, 3.63) is 60.8 Å². The second-order valence-electron chi connectivity index (χ2n) is 16.0. The molecular formula is C45H83N2O7P. The Bertz CT molecular complexity index is 1100. The number of amides is 1. The van der Waals surface area contributed by atoms with Crippen molar-refractivity contribution < 1.29 is 38.0 Å². The number of quaternary nitrogens is 1. The molecule has 0 fully saturated rings. The molecule has 0 bridgehead atoms. The number of hydrogen-bond acceptors (Lipinski definition) is 7. The summed E-state index contributed by atoms with van der Waals surface area (Å²) in [7, 11) is 1.20. The summed E-state index contributed by atoms with van der Waals surface area (Å²) in [6.45, 7) is 4.13. The summed E-state index contributed by atoms with van der Waals surface area (Å²) in [6, 6.07) is -0.925. The number of rotatable bonds is 38. The summed E-state index contributed by atoms with van der Waals surface area (Å²) < 4.78 is 23.1. The molecule has 3 N–H and O–H groups in total. The van der Waals surface area contributed by atoms with Crippen LogP contribution in [-0.4, -0.2) is 79.8 Å². The number of likely N-dealkylation sites (N-methyl/N-ethyl adjacent to an activating group) is 1. The molecule has 1 unspecified atom stereocenters. The van der Waals surface area contributed by atoms with E-state index in [1.807, 2.05) is 34.1 Å². The normalized spacial score (nSPS) is 15.6. The van der Waals surface area contributed by atoms with Crippen molar-refractivity contribution in [3.63, 3.8) is 0 Å². The van der Waals surface area contributed by atoms with Gasteiger partial charge in [0.2, 0.25) is 5.91 Å². The molecule has 10 heteroatoms. The molecule has 9 nitrogen and oxygen atoms in total. The van der Waals surface area contributed by atoms with Gasteiger partial charge in [0.25, 0.3) is 7.82 Å². The van der Waals surface area contributed by atoms with E-state index >= 15 is 0 Å². The average molecular weight is 795 g/mol. The molecule has 0 saturated heterocycles. The van der Waals surface area contributed by atoms with Crippen LogP contribution in [0.25, 0.3) is 0 Å². The lowest BCUT2D eigenvalue weighted by Gasteiger charge is -2.29. The number of carbonyl (C=O) groups is 1. The zero-order chi connectivity index (χ0) is 40.9. The molecule has 320 valence electrons. The predicted molar refractivity (Wildman–Crippen MR) is 230 cm³/mol. The Labute approximate surface area is 337 Å². The van der Waals surface area contributed by atoms with E-state index in [-0.39, 0.29) is 25.0 Å². The molecular weight excluding hydrogens is 711 g/mol. The van der Waals surface area contributed by atoms with Gasteiger partial charge in [0, 0.05) is 6.42 Å². The lowest BCUT2D eigenvalue weighted by molar-refractivity contribution is -0.870. The number of hydrogen-bond donors (Lipinski definition) is 3. The number of unbranched alkanes of at least 4 members (excludes halogenated alkanes) is 15. The molecule has 0 rings (SSSR count). The minimum atomic E-state index is -4.61. The molecule has 0 aliphatic heterocycles. The number of nitrogens with zero attached hydrogens (tertiary/aromatic N) is 1. The molecule has 4 atom stereocenters. The monoisotopic (exact) mass is 795 g/mol. The predicted octanol–water partition coefficient (Wildman–Crippen LogP) is 10.2. The first-order chi connectivity index (χ1) is 26.4. The number of nitrogens with one attached hydrogen (secondary N) is 1. The Morgan fingerprint density at radius 2 is 1.16 bits per heavy atom. The maximum Gasteiger partial charge on any atom is 0.268 e. The van der Waals surface area contributed by atoms with Crippen molar-refractivity contribution in [2.24, 2.45) is 0 Å². The van der Waals surface area contributed by atoms with Crippen LogP contribution in [0, 0.1) is 0 Å². The highest BCUT2D eigenvalue weighted by atomic mass is 31.2. The van der Waals surface area contributed by atoms with Gasteiger partial charge in [-0.25, -0.2) is 0 Å². The SMILES string of the molecule is CCCCCCCCCCCCCCC/C=C/[C@@H](O)[C@H](COP(=O)([O-])OCC[N+](C)(C)C)NC(=O)CCC/C=C\C/C=C\C/C=C\C/C=C\CCC[C@H](C)O. The van der Waals surface area contributed by atoms with Gasteiger partial charge in [-0.3, -0.25) is 9.36 Å². The van der Waals surface area contributed by atoms with Gasteiger partial charge in [-0.2, -0.15) is 0 Å². The summed E-state index contributed by atoms with van der Waals surface area (Å²) in [5.74, 6) is -0.265. The lowest BCUT2D eigenvalue weighted by atomic mass is 10.0. The fraction of sp³-hybridized carbons (Fsp3) is 0.756. The number of aliphatic hydroxyl groups is 2. The highest BCUT2D eigenvalue weighted by molar-refractivity contribution is 7.45. The maximum absolute atomic E-state index is 12.8. The summed E-state index contributed by atoms with van der Waals surface area (Å²) in [6.07, 6.45) is 44.0. The standard InChI is InChI=1S/C45H83N2O7P/c1-6-7-8-9-10-11-12-13-15-19-22-25-28-31-34-37-44(49)43(41-54-55(51,52)53-40-39-47(3,4)5)46-45(50)38-35-32-29-26-23-20-17-14-16-18-21-24-27-30-33-36-42(2)48/h16-18,20,24,26-27,29,34,37,42-44,48-49H,6-15,19,21-23,25,28,30-33,35-36,38-41H2,1-5H3,(H-,46,50,51,52)/b18-16-,20-17-,27-24-,29-26-,37-34+/t42-,43-,44+/m0/s1. The number of phosphoric ester groups is 1. The van der Waals surface area contributed by atoms with Gasteiger partial charge in [0.1, 0.15) is 13.2 Å². The van der Waals surface area contributed by atoms with E-state index in [9.17, 15) is 24.5 Å². The van der Waals surface area contributed by atoms with Crippen LogP contribution in [0.1, 0.15) is 162 Å². The molecule has 1 amide bonds. The first-order valence-electron chi connectivity index (χ1n) is 21.7. The Morgan fingerprint density at radius 3 is 1.67 bits per heavy atom. The van der Waals surface area contributed by atoms with Crippen LogP contribution in [0.4, 0.5) is 0 Å². The zero-order valence-corrected chi connectivity index (χ0v) is 36.6. The van der Waals surface area contributed by atoms with E-state index in [2.05, 4.69) is 60.8 Å². The second-order valence-corrected chi connectivity index (χ2v) is 17.4. The molecule has 55 heavy (non-hydrogen) atoms. The fourth-order valence-electron chi connectivity index (χ4n) is 5.75. The third kappa shape index (κ3) is 40.2. The first kappa shape index (κ1) is 53.2. The maximum atomic E-state index is 12.8. The molecule has 0 aliphatic carbocycles. The molecule has 0 aromatic carbocycles. The van der Waals surface area contributed by atoms with E-state index < -0.39 is 26.6 Å². The van der Waals surface area contributed by atoms with Crippen molar-refractivity contribution in [1.29, 1.82) is 0 Å². The Balaban J connectivity index is 4.57. The molecule has 0 aliphatic rings. The van der Waals surface area contributed by atoms with Crippen LogP contribution in [0.15, 0.2) is 60.8 Å². The summed E-state index contributed by atoms with van der Waals surface area (Å²) >= 11 is 0. The number of allylic oxidation sites excluding steroid dienone is 9. The van der Waals surface area contributed by atoms with Crippen molar-refractivity contribution in [3.8, 4) is 0 Å². The topological polar surface area (TPSA) is 128 Å². The smallest absolute Gasteiger partial charge is 0.268 e. The van der Waals surface area contributed by atoms with Gasteiger partial charge in [-0.1, -0.05) is 145 Å².